The summed E-state index contributed by atoms with van der Waals surface area (Å²) in [6.07, 6.45) is 5.00. The van der Waals surface area contributed by atoms with Crippen LogP contribution in [0.2, 0.25) is 0 Å². The van der Waals surface area contributed by atoms with Crippen molar-refractivity contribution in [3.63, 3.8) is 0 Å². The van der Waals surface area contributed by atoms with Crippen LogP contribution in [0, 0.1) is 0 Å². The topological polar surface area (TPSA) is 26.3 Å². The third kappa shape index (κ3) is 4.78. The second kappa shape index (κ2) is 6.83. The van der Waals surface area contributed by atoms with Crippen LogP contribution in [0.15, 0.2) is 36.4 Å². The number of ether oxygens (including phenoxy) is 1. The van der Waals surface area contributed by atoms with Gasteiger partial charge in [0.1, 0.15) is 6.10 Å². The second-order valence-corrected chi connectivity index (χ2v) is 3.71. The quantitative estimate of drug-likeness (QED) is 0.708. The lowest BCUT2D eigenvalue weighted by atomic mass is 10.2. The number of carbonyl (C=O) groups excluding carboxylic acids is 1. The standard InChI is InChI=1S/C14H18O2/c1-3-7-14(15)16-12(2)10-11-13-8-5-4-6-9-13/h4-6,8-12H,3,7H2,1-2H3/b11-10+/t12-/m0/s1. The van der Waals surface area contributed by atoms with E-state index in [0.717, 1.165) is 12.0 Å². The third-order valence-corrected chi connectivity index (χ3v) is 2.13. The number of hydrogen-bond acceptors (Lipinski definition) is 2. The van der Waals surface area contributed by atoms with Crippen molar-refractivity contribution in [1.29, 1.82) is 0 Å². The molecule has 0 amide bonds. The van der Waals surface area contributed by atoms with Crippen LogP contribution in [0.3, 0.4) is 0 Å². The number of carbonyl (C=O) groups is 1. The Morgan fingerprint density at radius 3 is 2.69 bits per heavy atom. The summed E-state index contributed by atoms with van der Waals surface area (Å²) in [7, 11) is 0. The molecule has 16 heavy (non-hydrogen) atoms. The summed E-state index contributed by atoms with van der Waals surface area (Å²) in [4.78, 5) is 11.2. The minimum Gasteiger partial charge on any atom is -0.458 e. The Balaban J connectivity index is 2.42. The van der Waals surface area contributed by atoms with Crippen LogP contribution in [0.5, 0.6) is 0 Å². The van der Waals surface area contributed by atoms with Crippen LogP contribution >= 0.6 is 0 Å². The van der Waals surface area contributed by atoms with Crippen LogP contribution in [0.4, 0.5) is 0 Å². The van der Waals surface area contributed by atoms with Crippen LogP contribution in [-0.4, -0.2) is 12.1 Å². The first kappa shape index (κ1) is 12.5. The summed E-state index contributed by atoms with van der Waals surface area (Å²) >= 11 is 0. The van der Waals surface area contributed by atoms with Gasteiger partial charge in [-0.05, 0) is 25.0 Å². The summed E-state index contributed by atoms with van der Waals surface area (Å²) in [5, 5.41) is 0. The van der Waals surface area contributed by atoms with E-state index < -0.39 is 0 Å². The summed E-state index contributed by atoms with van der Waals surface area (Å²) < 4.78 is 5.19. The summed E-state index contributed by atoms with van der Waals surface area (Å²) in [5.74, 6) is -0.132. The average Bonchev–Trinajstić information content (AvgIpc) is 2.28. The lowest BCUT2D eigenvalue weighted by Crippen LogP contribution is -2.11. The largest absolute Gasteiger partial charge is 0.458 e. The maximum absolute atomic E-state index is 11.2. The van der Waals surface area contributed by atoms with Gasteiger partial charge in [-0.1, -0.05) is 43.3 Å². The molecular weight excluding hydrogens is 200 g/mol. The molecule has 0 radical (unpaired) electrons. The Labute approximate surface area is 96.9 Å². The van der Waals surface area contributed by atoms with E-state index >= 15 is 0 Å². The summed E-state index contributed by atoms with van der Waals surface area (Å²) in [6, 6.07) is 9.96. The van der Waals surface area contributed by atoms with Crippen LogP contribution in [0.1, 0.15) is 32.3 Å². The zero-order valence-corrected chi connectivity index (χ0v) is 9.85. The Hall–Kier alpha value is -1.57. The Bertz CT molecular complexity index is 341. The predicted octanol–water partition coefficient (Wildman–Crippen LogP) is 3.43. The molecule has 0 unspecified atom stereocenters. The Morgan fingerprint density at radius 1 is 1.38 bits per heavy atom. The molecule has 2 heteroatoms. The molecular formula is C14H18O2. The third-order valence-electron chi connectivity index (χ3n) is 2.13. The average molecular weight is 218 g/mol. The normalized spacial score (nSPS) is 12.6. The Kier molecular flexibility index (Phi) is 5.34. The summed E-state index contributed by atoms with van der Waals surface area (Å²) in [6.45, 7) is 3.83. The van der Waals surface area contributed by atoms with E-state index in [2.05, 4.69) is 0 Å². The zero-order chi connectivity index (χ0) is 11.8. The van der Waals surface area contributed by atoms with Crippen LogP contribution < -0.4 is 0 Å². The van der Waals surface area contributed by atoms with Gasteiger partial charge in [0.25, 0.3) is 0 Å². The fraction of sp³-hybridized carbons (Fsp3) is 0.357. The molecule has 1 atom stereocenters. The van der Waals surface area contributed by atoms with Crippen LogP contribution in [-0.2, 0) is 9.53 Å². The Morgan fingerprint density at radius 2 is 2.06 bits per heavy atom. The van der Waals surface area contributed by atoms with Gasteiger partial charge in [-0.2, -0.15) is 0 Å². The molecule has 0 aliphatic rings. The van der Waals surface area contributed by atoms with E-state index in [1.54, 1.807) is 0 Å². The van der Waals surface area contributed by atoms with E-state index in [1.807, 2.05) is 56.3 Å². The van der Waals surface area contributed by atoms with Gasteiger partial charge < -0.3 is 4.74 Å². The highest BCUT2D eigenvalue weighted by Gasteiger charge is 2.04. The molecule has 2 nitrogen and oxygen atoms in total. The van der Waals surface area contributed by atoms with Crippen molar-refractivity contribution in [3.05, 3.63) is 42.0 Å². The molecule has 0 N–H and O–H groups in total. The van der Waals surface area contributed by atoms with Gasteiger partial charge in [-0.15, -0.1) is 0 Å². The van der Waals surface area contributed by atoms with Gasteiger partial charge in [-0.3, -0.25) is 4.79 Å². The molecule has 0 aliphatic heterocycles. The molecule has 0 aromatic heterocycles. The van der Waals surface area contributed by atoms with E-state index in [1.165, 1.54) is 0 Å². The molecule has 0 heterocycles. The number of esters is 1. The monoisotopic (exact) mass is 218 g/mol. The molecule has 0 fully saturated rings. The molecule has 86 valence electrons. The van der Waals surface area contributed by atoms with Crippen molar-refractivity contribution in [1.82, 2.24) is 0 Å². The van der Waals surface area contributed by atoms with Gasteiger partial charge in [0, 0.05) is 6.42 Å². The highest BCUT2D eigenvalue weighted by Crippen LogP contribution is 2.04. The molecule has 0 aliphatic carbocycles. The first-order valence-electron chi connectivity index (χ1n) is 5.65. The van der Waals surface area contributed by atoms with Gasteiger partial charge >= 0.3 is 5.97 Å². The predicted molar refractivity (Wildman–Crippen MR) is 65.9 cm³/mol. The molecule has 0 spiro atoms. The smallest absolute Gasteiger partial charge is 0.306 e. The van der Waals surface area contributed by atoms with E-state index in [-0.39, 0.29) is 12.1 Å². The van der Waals surface area contributed by atoms with Crippen molar-refractivity contribution in [2.24, 2.45) is 0 Å². The molecule has 0 saturated heterocycles. The fourth-order valence-electron chi connectivity index (χ4n) is 1.32. The van der Waals surface area contributed by atoms with Gasteiger partial charge in [0.2, 0.25) is 0 Å². The van der Waals surface area contributed by atoms with Crippen molar-refractivity contribution in [2.75, 3.05) is 0 Å². The van der Waals surface area contributed by atoms with E-state index in [4.69, 9.17) is 4.74 Å². The van der Waals surface area contributed by atoms with Crippen molar-refractivity contribution >= 4 is 12.0 Å². The maximum Gasteiger partial charge on any atom is 0.306 e. The first-order valence-corrected chi connectivity index (χ1v) is 5.65. The number of hydrogen-bond donors (Lipinski definition) is 0. The second-order valence-electron chi connectivity index (χ2n) is 3.71. The molecule has 0 bridgehead atoms. The fourth-order valence-corrected chi connectivity index (χ4v) is 1.32. The molecule has 0 saturated carbocycles. The lowest BCUT2D eigenvalue weighted by Gasteiger charge is -2.08. The summed E-state index contributed by atoms with van der Waals surface area (Å²) in [5.41, 5.74) is 1.11. The zero-order valence-electron chi connectivity index (χ0n) is 9.85. The minimum atomic E-state index is -0.167. The van der Waals surface area contributed by atoms with Crippen molar-refractivity contribution in [2.45, 2.75) is 32.8 Å². The first-order chi connectivity index (χ1) is 7.72. The van der Waals surface area contributed by atoms with Gasteiger partial charge in [0.05, 0.1) is 0 Å². The molecule has 1 aromatic carbocycles. The highest BCUT2D eigenvalue weighted by molar-refractivity contribution is 5.69. The lowest BCUT2D eigenvalue weighted by molar-refractivity contribution is -0.146. The number of rotatable bonds is 5. The van der Waals surface area contributed by atoms with Crippen LogP contribution in [0.25, 0.3) is 6.08 Å². The maximum atomic E-state index is 11.2. The minimum absolute atomic E-state index is 0.132. The molecule has 1 aromatic rings. The SMILES string of the molecule is CCCC(=O)O[C@@H](C)/C=C/c1ccccc1. The molecule has 1 rings (SSSR count). The van der Waals surface area contributed by atoms with E-state index in [9.17, 15) is 4.79 Å². The van der Waals surface area contributed by atoms with Gasteiger partial charge in [0.15, 0.2) is 0 Å². The van der Waals surface area contributed by atoms with Crippen molar-refractivity contribution < 1.29 is 9.53 Å². The van der Waals surface area contributed by atoms with Gasteiger partial charge in [-0.25, -0.2) is 0 Å². The number of benzene rings is 1. The van der Waals surface area contributed by atoms with E-state index in [0.29, 0.717) is 6.42 Å². The highest BCUT2D eigenvalue weighted by atomic mass is 16.5. The van der Waals surface area contributed by atoms with Crippen molar-refractivity contribution in [3.8, 4) is 0 Å².